The highest BCUT2D eigenvalue weighted by Crippen LogP contribution is 2.08. The van der Waals surface area contributed by atoms with Crippen LogP contribution in [0.5, 0.6) is 0 Å². The summed E-state index contributed by atoms with van der Waals surface area (Å²) in [5.41, 5.74) is 4.53. The molecule has 0 unspecified atom stereocenters. The molecule has 3 N–H and O–H groups in total. The van der Waals surface area contributed by atoms with Gasteiger partial charge in [-0.25, -0.2) is 8.42 Å². The van der Waals surface area contributed by atoms with Crippen LogP contribution in [-0.4, -0.2) is 13.5 Å². The van der Waals surface area contributed by atoms with E-state index in [0.717, 1.165) is 11.1 Å². The molecule has 0 radical (unpaired) electrons. The minimum absolute atomic E-state index is 0.177. The van der Waals surface area contributed by atoms with E-state index < -0.39 is 10.0 Å². The van der Waals surface area contributed by atoms with Gasteiger partial charge in [0.15, 0.2) is 5.11 Å². The Morgan fingerprint density at radius 1 is 1.05 bits per heavy atom. The topological polar surface area (TPSA) is 70.2 Å². The first-order valence-corrected chi connectivity index (χ1v) is 8.53. The summed E-state index contributed by atoms with van der Waals surface area (Å²) in [5.74, 6) is 0. The van der Waals surface area contributed by atoms with Crippen LogP contribution in [0.4, 0.5) is 0 Å². The zero-order chi connectivity index (χ0) is 16.0. The normalized spacial score (nSPS) is 11.0. The van der Waals surface area contributed by atoms with Crippen molar-refractivity contribution in [3.8, 4) is 0 Å². The van der Waals surface area contributed by atoms with Gasteiger partial charge in [0.05, 0.1) is 4.90 Å². The maximum Gasteiger partial charge on any atom is 0.257 e. The van der Waals surface area contributed by atoms with Crippen molar-refractivity contribution in [3.05, 3.63) is 65.7 Å². The molecule has 0 amide bonds. The van der Waals surface area contributed by atoms with Gasteiger partial charge in [0, 0.05) is 6.54 Å². The quantitative estimate of drug-likeness (QED) is 0.575. The van der Waals surface area contributed by atoms with Gasteiger partial charge in [0.2, 0.25) is 0 Å². The molecule has 0 spiro atoms. The predicted molar refractivity (Wildman–Crippen MR) is 90.5 cm³/mol. The summed E-state index contributed by atoms with van der Waals surface area (Å²) in [7, 11) is -3.64. The molecule has 0 aliphatic heterocycles. The fourth-order valence-corrected chi connectivity index (χ4v) is 2.75. The first-order chi connectivity index (χ1) is 10.5. The number of hydrogen-bond acceptors (Lipinski definition) is 3. The minimum atomic E-state index is -3.64. The average molecular weight is 335 g/mol. The molecular formula is C15H17N3O2S2. The molecule has 0 fully saturated rings. The molecular weight excluding hydrogens is 318 g/mol. The van der Waals surface area contributed by atoms with Crippen LogP contribution in [0.15, 0.2) is 59.5 Å². The minimum Gasteiger partial charge on any atom is -0.358 e. The number of hydrogen-bond donors (Lipinski definition) is 3. The lowest BCUT2D eigenvalue weighted by Gasteiger charge is -2.12. The summed E-state index contributed by atoms with van der Waals surface area (Å²) in [6, 6.07) is 16.2. The third-order valence-electron chi connectivity index (χ3n) is 2.93. The number of hydrazine groups is 1. The van der Waals surface area contributed by atoms with Gasteiger partial charge in [-0.15, -0.1) is 4.83 Å². The average Bonchev–Trinajstić information content (AvgIpc) is 2.52. The number of thiocarbonyl (C=S) groups is 1. The van der Waals surface area contributed by atoms with Gasteiger partial charge in [-0.3, -0.25) is 5.43 Å². The molecule has 0 aliphatic carbocycles. The highest BCUT2D eigenvalue weighted by molar-refractivity contribution is 7.89. The van der Waals surface area contributed by atoms with Crippen molar-refractivity contribution in [1.82, 2.24) is 15.6 Å². The molecule has 0 aliphatic rings. The number of sulfonamides is 1. The Morgan fingerprint density at radius 3 is 2.32 bits per heavy atom. The van der Waals surface area contributed by atoms with Crippen molar-refractivity contribution in [2.75, 3.05) is 0 Å². The molecule has 22 heavy (non-hydrogen) atoms. The van der Waals surface area contributed by atoms with Gasteiger partial charge in [0.1, 0.15) is 0 Å². The number of aryl methyl sites for hydroxylation is 1. The first kappa shape index (κ1) is 16.4. The van der Waals surface area contributed by atoms with E-state index in [1.807, 2.05) is 37.3 Å². The molecule has 0 aromatic heterocycles. The zero-order valence-electron chi connectivity index (χ0n) is 12.0. The summed E-state index contributed by atoms with van der Waals surface area (Å²) >= 11 is 5.04. The molecule has 0 saturated carbocycles. The highest BCUT2D eigenvalue weighted by atomic mass is 32.2. The van der Waals surface area contributed by atoms with Crippen molar-refractivity contribution in [2.45, 2.75) is 18.4 Å². The van der Waals surface area contributed by atoms with Crippen molar-refractivity contribution >= 4 is 27.4 Å². The van der Waals surface area contributed by atoms with Gasteiger partial charge in [-0.2, -0.15) is 0 Å². The molecule has 7 heteroatoms. The first-order valence-electron chi connectivity index (χ1n) is 6.63. The van der Waals surface area contributed by atoms with Gasteiger partial charge in [0.25, 0.3) is 10.0 Å². The molecule has 0 bridgehead atoms. The second kappa shape index (κ2) is 7.35. The van der Waals surface area contributed by atoms with Crippen molar-refractivity contribution < 1.29 is 8.42 Å². The van der Waals surface area contributed by atoms with Gasteiger partial charge in [-0.1, -0.05) is 48.0 Å². The molecule has 2 aromatic carbocycles. The summed E-state index contributed by atoms with van der Waals surface area (Å²) in [6.45, 7) is 2.41. The van der Waals surface area contributed by atoms with Crippen molar-refractivity contribution in [3.63, 3.8) is 0 Å². The Labute approximate surface area is 135 Å². The second-order valence-electron chi connectivity index (χ2n) is 4.71. The maximum atomic E-state index is 12.1. The van der Waals surface area contributed by atoms with E-state index >= 15 is 0 Å². The SMILES string of the molecule is Cc1ccc(S(=O)(=O)NNC(=S)NCc2ccccc2)cc1. The molecule has 116 valence electrons. The molecule has 0 heterocycles. The van der Waals surface area contributed by atoms with E-state index in [0.29, 0.717) is 6.54 Å². The summed E-state index contributed by atoms with van der Waals surface area (Å²) < 4.78 is 24.1. The van der Waals surface area contributed by atoms with Gasteiger partial charge >= 0.3 is 0 Å². The smallest absolute Gasteiger partial charge is 0.257 e. The van der Waals surface area contributed by atoms with E-state index in [2.05, 4.69) is 15.6 Å². The van der Waals surface area contributed by atoms with Crippen LogP contribution >= 0.6 is 12.2 Å². The largest absolute Gasteiger partial charge is 0.358 e. The van der Waals surface area contributed by atoms with Crippen LogP contribution in [0, 0.1) is 6.92 Å². The number of nitrogens with one attached hydrogen (secondary N) is 3. The molecule has 2 aromatic rings. The van der Waals surface area contributed by atoms with E-state index in [4.69, 9.17) is 12.2 Å². The van der Waals surface area contributed by atoms with E-state index in [9.17, 15) is 8.42 Å². The lowest BCUT2D eigenvalue weighted by molar-refractivity contribution is 0.576. The molecule has 2 rings (SSSR count). The Balaban J connectivity index is 1.86. The summed E-state index contributed by atoms with van der Waals surface area (Å²) in [4.78, 5) is 2.43. The van der Waals surface area contributed by atoms with Crippen molar-refractivity contribution in [2.24, 2.45) is 0 Å². The molecule has 5 nitrogen and oxygen atoms in total. The Bertz CT molecular complexity index is 729. The fourth-order valence-electron chi connectivity index (χ4n) is 1.71. The van der Waals surface area contributed by atoms with Crippen LogP contribution in [0.2, 0.25) is 0 Å². The highest BCUT2D eigenvalue weighted by Gasteiger charge is 2.13. The predicted octanol–water partition coefficient (Wildman–Crippen LogP) is 1.85. The van der Waals surface area contributed by atoms with Crippen LogP contribution in [0.1, 0.15) is 11.1 Å². The molecule has 0 saturated heterocycles. The number of benzene rings is 2. The Morgan fingerprint density at radius 2 is 1.68 bits per heavy atom. The van der Waals surface area contributed by atoms with Crippen LogP contribution in [0.25, 0.3) is 0 Å². The van der Waals surface area contributed by atoms with Crippen LogP contribution < -0.4 is 15.6 Å². The monoisotopic (exact) mass is 335 g/mol. The lowest BCUT2D eigenvalue weighted by Crippen LogP contribution is -2.46. The third-order valence-corrected chi connectivity index (χ3v) is 4.44. The lowest BCUT2D eigenvalue weighted by atomic mass is 10.2. The Kier molecular flexibility index (Phi) is 5.48. The van der Waals surface area contributed by atoms with Crippen molar-refractivity contribution in [1.29, 1.82) is 0 Å². The maximum absolute atomic E-state index is 12.1. The van der Waals surface area contributed by atoms with Crippen LogP contribution in [-0.2, 0) is 16.6 Å². The number of rotatable bonds is 5. The third kappa shape index (κ3) is 4.80. The van der Waals surface area contributed by atoms with E-state index in [1.165, 1.54) is 0 Å². The van der Waals surface area contributed by atoms with E-state index in [-0.39, 0.29) is 10.0 Å². The standard InChI is InChI=1S/C15H17N3O2S2/c1-12-7-9-14(10-8-12)22(19,20)18-17-15(21)16-11-13-5-3-2-4-6-13/h2-10,18H,11H2,1H3,(H2,16,17,21). The van der Waals surface area contributed by atoms with E-state index in [1.54, 1.807) is 24.3 Å². The second-order valence-corrected chi connectivity index (χ2v) is 6.80. The zero-order valence-corrected chi connectivity index (χ0v) is 13.7. The molecule has 0 atom stereocenters. The summed E-state index contributed by atoms with van der Waals surface area (Å²) in [6.07, 6.45) is 0. The van der Waals surface area contributed by atoms with Gasteiger partial charge in [-0.05, 0) is 36.8 Å². The Hall–Kier alpha value is -1.96. The summed E-state index contributed by atoms with van der Waals surface area (Å²) in [5, 5.41) is 3.13. The van der Waals surface area contributed by atoms with Gasteiger partial charge < -0.3 is 5.32 Å². The fraction of sp³-hybridized carbons (Fsp3) is 0.133. The van der Waals surface area contributed by atoms with Crippen LogP contribution in [0.3, 0.4) is 0 Å².